The molecule has 7 heteroatoms. The zero-order valence-electron chi connectivity index (χ0n) is 13.0. The zero-order chi connectivity index (χ0) is 16.8. The van der Waals surface area contributed by atoms with E-state index >= 15 is 0 Å². The molecule has 6 nitrogen and oxygen atoms in total. The number of ether oxygens (including phenoxy) is 1. The predicted molar refractivity (Wildman–Crippen MR) is 88.2 cm³/mol. The van der Waals surface area contributed by atoms with Gasteiger partial charge >= 0.3 is 12.0 Å². The third kappa shape index (κ3) is 5.32. The summed E-state index contributed by atoms with van der Waals surface area (Å²) in [6.07, 6.45) is 4.38. The molecule has 0 unspecified atom stereocenters. The normalized spacial score (nSPS) is 14.5. The number of halogens is 1. The van der Waals surface area contributed by atoms with E-state index in [-0.39, 0.29) is 19.1 Å². The molecule has 0 radical (unpaired) electrons. The van der Waals surface area contributed by atoms with Crippen LogP contribution in [0, 0.1) is 0 Å². The van der Waals surface area contributed by atoms with Crippen LogP contribution in [-0.4, -0.2) is 41.7 Å². The van der Waals surface area contributed by atoms with Crippen molar-refractivity contribution in [3.05, 3.63) is 23.2 Å². The Balaban J connectivity index is 2.03. The van der Waals surface area contributed by atoms with Gasteiger partial charge in [0, 0.05) is 18.6 Å². The number of hydrogen-bond donors (Lipinski definition) is 2. The van der Waals surface area contributed by atoms with Crippen molar-refractivity contribution in [2.75, 3.05) is 18.9 Å². The van der Waals surface area contributed by atoms with Crippen LogP contribution in [0.2, 0.25) is 5.02 Å². The Hall–Kier alpha value is -1.95. The lowest BCUT2D eigenvalue weighted by Gasteiger charge is -2.20. The molecule has 0 aliphatic heterocycles. The Morgan fingerprint density at radius 3 is 2.74 bits per heavy atom. The predicted octanol–water partition coefficient (Wildman–Crippen LogP) is 3.60. The molecule has 2 rings (SSSR count). The van der Waals surface area contributed by atoms with Gasteiger partial charge in [-0.1, -0.05) is 11.6 Å². The fourth-order valence-electron chi connectivity index (χ4n) is 2.46. The first-order chi connectivity index (χ1) is 11.0. The highest BCUT2D eigenvalue weighted by molar-refractivity contribution is 6.31. The topological polar surface area (TPSA) is 78.9 Å². The summed E-state index contributed by atoms with van der Waals surface area (Å²) in [4.78, 5) is 24.0. The number of amides is 2. The van der Waals surface area contributed by atoms with Gasteiger partial charge in [-0.25, -0.2) is 4.79 Å². The van der Waals surface area contributed by atoms with E-state index in [1.807, 2.05) is 0 Å². The maximum absolute atomic E-state index is 12.1. The van der Waals surface area contributed by atoms with E-state index in [1.165, 1.54) is 4.90 Å². The third-order valence-corrected chi connectivity index (χ3v) is 4.02. The molecule has 0 heterocycles. The van der Waals surface area contributed by atoms with Crippen LogP contribution in [0.25, 0.3) is 0 Å². The Labute approximate surface area is 140 Å². The van der Waals surface area contributed by atoms with Crippen LogP contribution in [0.1, 0.15) is 32.1 Å². The van der Waals surface area contributed by atoms with Crippen molar-refractivity contribution in [3.8, 4) is 5.75 Å². The summed E-state index contributed by atoms with van der Waals surface area (Å²) in [5.74, 6) is -0.362. The van der Waals surface area contributed by atoms with E-state index in [4.69, 9.17) is 21.4 Å². The minimum atomic E-state index is -0.947. The lowest BCUT2D eigenvalue weighted by atomic mass is 10.2. The van der Waals surface area contributed by atoms with Gasteiger partial charge in [0.1, 0.15) is 5.75 Å². The number of anilines is 1. The molecule has 23 heavy (non-hydrogen) atoms. The van der Waals surface area contributed by atoms with Crippen molar-refractivity contribution in [2.24, 2.45) is 0 Å². The van der Waals surface area contributed by atoms with Crippen molar-refractivity contribution in [3.63, 3.8) is 0 Å². The van der Waals surface area contributed by atoms with Crippen LogP contribution in [0.5, 0.6) is 5.75 Å². The minimum absolute atomic E-state index is 0.106. The molecular formula is C16H21ClN2O4. The molecule has 0 saturated heterocycles. The Bertz CT molecular complexity index is 573. The van der Waals surface area contributed by atoms with Crippen LogP contribution in [0.15, 0.2) is 18.2 Å². The fraction of sp³-hybridized carbons (Fsp3) is 0.500. The molecule has 0 spiro atoms. The molecule has 0 aromatic heterocycles. The molecule has 1 aromatic rings. The number of carbonyl (C=O) groups excluding carboxylic acids is 1. The molecule has 1 fully saturated rings. The van der Waals surface area contributed by atoms with Crippen LogP contribution >= 0.6 is 11.6 Å². The second-order valence-electron chi connectivity index (χ2n) is 5.66. The Morgan fingerprint density at radius 2 is 2.09 bits per heavy atom. The molecule has 2 amide bonds. The first kappa shape index (κ1) is 17.4. The molecule has 0 atom stereocenters. The average Bonchev–Trinajstić information content (AvgIpc) is 3.00. The monoisotopic (exact) mass is 340 g/mol. The highest BCUT2D eigenvalue weighted by Crippen LogP contribution is 2.32. The van der Waals surface area contributed by atoms with Gasteiger partial charge in [0.15, 0.2) is 0 Å². The van der Waals surface area contributed by atoms with Gasteiger partial charge in [-0.15, -0.1) is 0 Å². The Morgan fingerprint density at radius 1 is 1.39 bits per heavy atom. The van der Waals surface area contributed by atoms with Gasteiger partial charge in [0.05, 0.1) is 18.2 Å². The number of aliphatic carboxylic acids is 1. The number of carboxylic acids is 1. The van der Waals surface area contributed by atoms with Crippen molar-refractivity contribution in [2.45, 2.75) is 38.2 Å². The van der Waals surface area contributed by atoms with E-state index < -0.39 is 12.0 Å². The second kappa shape index (κ2) is 8.06. The first-order valence-electron chi connectivity index (χ1n) is 7.66. The van der Waals surface area contributed by atoms with E-state index in [2.05, 4.69) is 5.32 Å². The van der Waals surface area contributed by atoms with Crippen LogP contribution in [0.4, 0.5) is 10.5 Å². The minimum Gasteiger partial charge on any atom is -0.488 e. The maximum Gasteiger partial charge on any atom is 0.321 e. The number of hydrogen-bond acceptors (Lipinski definition) is 3. The summed E-state index contributed by atoms with van der Waals surface area (Å²) in [5.41, 5.74) is 0.497. The van der Waals surface area contributed by atoms with Crippen LogP contribution in [-0.2, 0) is 4.79 Å². The highest BCUT2D eigenvalue weighted by atomic mass is 35.5. The molecule has 0 bridgehead atoms. The number of nitrogens with one attached hydrogen (secondary N) is 1. The lowest BCUT2D eigenvalue weighted by Crippen LogP contribution is -2.33. The molecule has 1 saturated carbocycles. The van der Waals surface area contributed by atoms with Gasteiger partial charge in [-0.3, -0.25) is 4.79 Å². The molecule has 126 valence electrons. The summed E-state index contributed by atoms with van der Waals surface area (Å²) in [6, 6.07) is 4.70. The van der Waals surface area contributed by atoms with Gasteiger partial charge in [-0.05, 0) is 43.9 Å². The summed E-state index contributed by atoms with van der Waals surface area (Å²) >= 11 is 6.00. The standard InChI is InChI=1S/C16H21ClN2O4/c1-19(9-8-15(20)21)16(22)18-13-10-11(17)6-7-14(13)23-12-4-2-3-5-12/h6-7,10,12H,2-5,8-9H2,1H3,(H,18,22)(H,20,21). The van der Waals surface area contributed by atoms with E-state index in [9.17, 15) is 9.59 Å². The third-order valence-electron chi connectivity index (χ3n) is 3.79. The van der Waals surface area contributed by atoms with Crippen LogP contribution in [0.3, 0.4) is 0 Å². The van der Waals surface area contributed by atoms with Gasteiger partial charge in [0.2, 0.25) is 0 Å². The number of carboxylic acid groups (broad SMARTS) is 1. The number of carbonyl (C=O) groups is 2. The molecule has 1 aliphatic carbocycles. The summed E-state index contributed by atoms with van der Waals surface area (Å²) in [7, 11) is 1.54. The molecule has 2 N–H and O–H groups in total. The molecular weight excluding hydrogens is 320 g/mol. The average molecular weight is 341 g/mol. The van der Waals surface area contributed by atoms with Crippen molar-refractivity contribution >= 4 is 29.3 Å². The number of nitrogens with zero attached hydrogens (tertiary/aromatic N) is 1. The number of urea groups is 1. The molecule has 1 aliphatic rings. The zero-order valence-corrected chi connectivity index (χ0v) is 13.8. The Kier molecular flexibility index (Phi) is 6.10. The highest BCUT2D eigenvalue weighted by Gasteiger charge is 2.19. The fourth-order valence-corrected chi connectivity index (χ4v) is 2.64. The van der Waals surface area contributed by atoms with E-state index in [0.717, 1.165) is 25.7 Å². The quantitative estimate of drug-likeness (QED) is 0.829. The second-order valence-corrected chi connectivity index (χ2v) is 6.10. The van der Waals surface area contributed by atoms with Crippen molar-refractivity contribution < 1.29 is 19.4 Å². The summed E-state index contributed by atoms with van der Waals surface area (Å²) in [6.45, 7) is 0.126. The van der Waals surface area contributed by atoms with Crippen LogP contribution < -0.4 is 10.1 Å². The maximum atomic E-state index is 12.1. The summed E-state index contributed by atoms with van der Waals surface area (Å²) in [5, 5.41) is 11.9. The number of benzene rings is 1. The summed E-state index contributed by atoms with van der Waals surface area (Å²) < 4.78 is 5.95. The lowest BCUT2D eigenvalue weighted by molar-refractivity contribution is -0.137. The van der Waals surface area contributed by atoms with E-state index in [1.54, 1.807) is 25.2 Å². The molecule has 1 aromatic carbocycles. The van der Waals surface area contributed by atoms with Gasteiger partial charge in [0.25, 0.3) is 0 Å². The largest absolute Gasteiger partial charge is 0.488 e. The smallest absolute Gasteiger partial charge is 0.321 e. The SMILES string of the molecule is CN(CCC(=O)O)C(=O)Nc1cc(Cl)ccc1OC1CCCC1. The van der Waals surface area contributed by atoms with Gasteiger partial charge in [-0.2, -0.15) is 0 Å². The van der Waals surface area contributed by atoms with Crippen molar-refractivity contribution in [1.29, 1.82) is 0 Å². The first-order valence-corrected chi connectivity index (χ1v) is 8.03. The number of rotatable bonds is 6. The van der Waals surface area contributed by atoms with Gasteiger partial charge < -0.3 is 20.1 Å². The van der Waals surface area contributed by atoms with E-state index in [0.29, 0.717) is 16.5 Å². The van der Waals surface area contributed by atoms with Crippen molar-refractivity contribution in [1.82, 2.24) is 4.90 Å².